The molecule has 4 heteroatoms. The van der Waals surface area contributed by atoms with Crippen molar-refractivity contribution in [1.82, 2.24) is 14.8 Å². The lowest BCUT2D eigenvalue weighted by Crippen LogP contribution is -2.15. The van der Waals surface area contributed by atoms with Gasteiger partial charge in [-0.15, -0.1) is 10.2 Å². The minimum Gasteiger partial charge on any atom is -0.321 e. The molecule has 0 aliphatic heterocycles. The minimum atomic E-state index is 0.0631. The second-order valence-corrected chi connectivity index (χ2v) is 3.72. The first-order valence-electron chi connectivity index (χ1n) is 4.98. The number of nitrogens with zero attached hydrogens (tertiary/aromatic N) is 3. The highest BCUT2D eigenvalue weighted by atomic mass is 15.3. The van der Waals surface area contributed by atoms with E-state index >= 15 is 0 Å². The molecule has 1 aromatic rings. The van der Waals surface area contributed by atoms with Crippen molar-refractivity contribution >= 4 is 0 Å². The highest BCUT2D eigenvalue weighted by Crippen LogP contribution is 2.36. The van der Waals surface area contributed by atoms with Crippen LogP contribution in [0.2, 0.25) is 0 Å². The van der Waals surface area contributed by atoms with Gasteiger partial charge in [-0.05, 0) is 19.3 Å². The molecule has 0 radical (unpaired) electrons. The standard InChI is InChI=1S/C9H16N4/c1-2-3-8(10)9-12-11-6-13(9)7-4-5-7/h6-8H,2-5,10H2,1H3/t8-/m0/s1. The third-order valence-electron chi connectivity index (χ3n) is 2.47. The van der Waals surface area contributed by atoms with Gasteiger partial charge in [-0.25, -0.2) is 0 Å². The Morgan fingerprint density at radius 3 is 3.08 bits per heavy atom. The molecule has 2 N–H and O–H groups in total. The second-order valence-electron chi connectivity index (χ2n) is 3.72. The molecule has 1 heterocycles. The van der Waals surface area contributed by atoms with Crippen molar-refractivity contribution in [1.29, 1.82) is 0 Å². The van der Waals surface area contributed by atoms with Crippen molar-refractivity contribution in [3.63, 3.8) is 0 Å². The molecule has 1 aliphatic carbocycles. The summed E-state index contributed by atoms with van der Waals surface area (Å²) in [7, 11) is 0. The minimum absolute atomic E-state index is 0.0631. The van der Waals surface area contributed by atoms with E-state index in [0.717, 1.165) is 18.7 Å². The van der Waals surface area contributed by atoms with Gasteiger partial charge in [0.1, 0.15) is 12.2 Å². The van der Waals surface area contributed by atoms with Crippen molar-refractivity contribution in [2.75, 3.05) is 0 Å². The van der Waals surface area contributed by atoms with Crippen molar-refractivity contribution in [3.8, 4) is 0 Å². The Hall–Kier alpha value is -0.900. The van der Waals surface area contributed by atoms with E-state index in [-0.39, 0.29) is 6.04 Å². The van der Waals surface area contributed by atoms with Gasteiger partial charge in [-0.1, -0.05) is 13.3 Å². The van der Waals surface area contributed by atoms with E-state index in [1.165, 1.54) is 12.8 Å². The van der Waals surface area contributed by atoms with Crippen LogP contribution in [0.15, 0.2) is 6.33 Å². The number of rotatable bonds is 4. The van der Waals surface area contributed by atoms with Gasteiger partial charge in [-0.2, -0.15) is 0 Å². The van der Waals surface area contributed by atoms with Gasteiger partial charge in [0.25, 0.3) is 0 Å². The van der Waals surface area contributed by atoms with E-state index in [1.807, 2.05) is 6.33 Å². The van der Waals surface area contributed by atoms with Crippen molar-refractivity contribution in [2.24, 2.45) is 5.73 Å². The molecule has 72 valence electrons. The topological polar surface area (TPSA) is 56.7 Å². The number of hydrogen-bond donors (Lipinski definition) is 1. The Labute approximate surface area is 78.1 Å². The molecule has 0 bridgehead atoms. The van der Waals surface area contributed by atoms with Crippen LogP contribution in [0.25, 0.3) is 0 Å². The molecular formula is C9H16N4. The van der Waals surface area contributed by atoms with Crippen molar-refractivity contribution < 1.29 is 0 Å². The predicted octanol–water partition coefficient (Wildman–Crippen LogP) is 1.41. The summed E-state index contributed by atoms with van der Waals surface area (Å²) in [6.45, 7) is 2.14. The van der Waals surface area contributed by atoms with Gasteiger partial charge in [0.2, 0.25) is 0 Å². The summed E-state index contributed by atoms with van der Waals surface area (Å²) in [5.41, 5.74) is 5.99. The first kappa shape index (κ1) is 8.69. The maximum atomic E-state index is 5.99. The van der Waals surface area contributed by atoms with E-state index in [9.17, 15) is 0 Å². The number of aromatic nitrogens is 3. The molecule has 0 unspecified atom stereocenters. The predicted molar refractivity (Wildman–Crippen MR) is 50.1 cm³/mol. The summed E-state index contributed by atoms with van der Waals surface area (Å²) in [4.78, 5) is 0. The van der Waals surface area contributed by atoms with Gasteiger partial charge >= 0.3 is 0 Å². The fourth-order valence-corrected chi connectivity index (χ4v) is 1.59. The zero-order chi connectivity index (χ0) is 9.26. The number of hydrogen-bond acceptors (Lipinski definition) is 3. The molecule has 1 saturated carbocycles. The zero-order valence-electron chi connectivity index (χ0n) is 7.98. The quantitative estimate of drug-likeness (QED) is 0.762. The lowest BCUT2D eigenvalue weighted by molar-refractivity contribution is 0.554. The van der Waals surface area contributed by atoms with Gasteiger partial charge in [0.15, 0.2) is 0 Å². The summed E-state index contributed by atoms with van der Waals surface area (Å²) in [6, 6.07) is 0.695. The first-order valence-corrected chi connectivity index (χ1v) is 4.98. The van der Waals surface area contributed by atoms with E-state index in [2.05, 4.69) is 21.7 Å². The molecule has 0 spiro atoms. The fourth-order valence-electron chi connectivity index (χ4n) is 1.59. The Morgan fingerprint density at radius 1 is 1.69 bits per heavy atom. The van der Waals surface area contributed by atoms with E-state index < -0.39 is 0 Å². The molecule has 0 aromatic carbocycles. The normalized spacial score (nSPS) is 18.9. The van der Waals surface area contributed by atoms with E-state index in [4.69, 9.17) is 5.73 Å². The Balaban J connectivity index is 2.13. The molecule has 1 aliphatic rings. The van der Waals surface area contributed by atoms with Gasteiger partial charge < -0.3 is 10.3 Å². The summed E-state index contributed by atoms with van der Waals surface area (Å²) in [6.07, 6.45) is 6.40. The Kier molecular flexibility index (Phi) is 2.31. The lowest BCUT2D eigenvalue weighted by atomic mass is 10.2. The third kappa shape index (κ3) is 1.72. The molecule has 1 atom stereocenters. The first-order chi connectivity index (χ1) is 6.33. The SMILES string of the molecule is CCC[C@H](N)c1nncn1C1CC1. The third-order valence-corrected chi connectivity index (χ3v) is 2.47. The van der Waals surface area contributed by atoms with Crippen molar-refractivity contribution in [3.05, 3.63) is 12.2 Å². The summed E-state index contributed by atoms with van der Waals surface area (Å²) >= 11 is 0. The van der Waals surface area contributed by atoms with Crippen LogP contribution >= 0.6 is 0 Å². The Morgan fingerprint density at radius 2 is 2.46 bits per heavy atom. The number of nitrogens with two attached hydrogens (primary N) is 1. The lowest BCUT2D eigenvalue weighted by Gasteiger charge is -2.10. The van der Waals surface area contributed by atoms with E-state index in [1.54, 1.807) is 0 Å². The maximum Gasteiger partial charge on any atom is 0.150 e. The molecule has 0 amide bonds. The van der Waals surface area contributed by atoms with Crippen molar-refractivity contribution in [2.45, 2.75) is 44.7 Å². The van der Waals surface area contributed by atoms with Crippen LogP contribution in [-0.4, -0.2) is 14.8 Å². The smallest absolute Gasteiger partial charge is 0.150 e. The molecular weight excluding hydrogens is 164 g/mol. The van der Waals surface area contributed by atoms with Crippen LogP contribution in [0, 0.1) is 0 Å². The average molecular weight is 180 g/mol. The van der Waals surface area contributed by atoms with Gasteiger partial charge in [0, 0.05) is 6.04 Å². The largest absolute Gasteiger partial charge is 0.321 e. The molecule has 1 aromatic heterocycles. The van der Waals surface area contributed by atoms with Crippen LogP contribution in [-0.2, 0) is 0 Å². The van der Waals surface area contributed by atoms with Crippen LogP contribution in [0.5, 0.6) is 0 Å². The molecule has 0 saturated heterocycles. The fraction of sp³-hybridized carbons (Fsp3) is 0.778. The monoisotopic (exact) mass is 180 g/mol. The molecule has 2 rings (SSSR count). The van der Waals surface area contributed by atoms with E-state index in [0.29, 0.717) is 6.04 Å². The Bertz CT molecular complexity index is 277. The summed E-state index contributed by atoms with van der Waals surface area (Å²) in [5, 5.41) is 8.00. The second kappa shape index (κ2) is 3.46. The van der Waals surface area contributed by atoms with Crippen LogP contribution in [0.4, 0.5) is 0 Å². The average Bonchev–Trinajstić information content (AvgIpc) is 2.84. The molecule has 13 heavy (non-hydrogen) atoms. The highest BCUT2D eigenvalue weighted by Gasteiger charge is 2.27. The highest BCUT2D eigenvalue weighted by molar-refractivity contribution is 4.99. The van der Waals surface area contributed by atoms with Gasteiger partial charge in [0.05, 0.1) is 6.04 Å². The zero-order valence-corrected chi connectivity index (χ0v) is 7.98. The van der Waals surface area contributed by atoms with Crippen LogP contribution < -0.4 is 5.73 Å². The van der Waals surface area contributed by atoms with Crippen LogP contribution in [0.3, 0.4) is 0 Å². The van der Waals surface area contributed by atoms with Gasteiger partial charge in [-0.3, -0.25) is 0 Å². The summed E-state index contributed by atoms with van der Waals surface area (Å²) < 4.78 is 2.14. The van der Waals surface area contributed by atoms with Crippen LogP contribution in [0.1, 0.15) is 50.5 Å². The molecule has 1 fully saturated rings. The molecule has 4 nitrogen and oxygen atoms in total. The summed E-state index contributed by atoms with van der Waals surface area (Å²) in [5.74, 6) is 0.962. The maximum absolute atomic E-state index is 5.99.